The number of phosphoric ester groups is 2. The van der Waals surface area contributed by atoms with Crippen molar-refractivity contribution < 1.29 is 67.3 Å². The van der Waals surface area contributed by atoms with Crippen LogP contribution in [-0.2, 0) is 32.0 Å². The van der Waals surface area contributed by atoms with Crippen molar-refractivity contribution in [2.45, 2.75) is 49.1 Å². The number of hydrogen-bond donors (Lipinski definition) is 8. The van der Waals surface area contributed by atoms with Crippen LogP contribution in [0.3, 0.4) is 0 Å². The normalized spacial score (nSPS) is 37.4. The number of nitrogens with zero attached hydrogens (tertiary/aromatic N) is 1. The van der Waals surface area contributed by atoms with Gasteiger partial charge < -0.3 is 44.8 Å². The molecule has 10 atom stereocenters. The van der Waals surface area contributed by atoms with Crippen molar-refractivity contribution in [2.75, 3.05) is 13.2 Å². The molecular formula is C14H22N2O16P2. The Morgan fingerprint density at radius 1 is 0.971 bits per heavy atom. The minimum atomic E-state index is -5.47. The minimum Gasteiger partial charge on any atom is -0.394 e. The molecule has 0 aromatic carbocycles. The van der Waals surface area contributed by atoms with Crippen LogP contribution in [0.25, 0.3) is 0 Å². The quantitative estimate of drug-likeness (QED) is 0.139. The molecule has 0 bridgehead atoms. The lowest BCUT2D eigenvalue weighted by atomic mass is 10.1. The zero-order chi connectivity index (χ0) is 25.4. The molecule has 8 N–H and O–H groups in total. The summed E-state index contributed by atoms with van der Waals surface area (Å²) in [5, 5.41) is 48.5. The van der Waals surface area contributed by atoms with Gasteiger partial charge in [0.15, 0.2) is 12.5 Å². The first-order chi connectivity index (χ1) is 15.7. The fraction of sp³-hybridized carbons (Fsp3) is 0.714. The van der Waals surface area contributed by atoms with Crippen molar-refractivity contribution in [3.63, 3.8) is 0 Å². The fourth-order valence-corrected chi connectivity index (χ4v) is 5.31. The minimum absolute atomic E-state index is 0.736. The Balaban J connectivity index is 1.60. The van der Waals surface area contributed by atoms with Crippen LogP contribution in [-0.4, -0.2) is 101 Å². The monoisotopic (exact) mass is 536 g/mol. The second kappa shape index (κ2) is 10.3. The molecule has 194 valence electrons. The molecule has 2 saturated heterocycles. The van der Waals surface area contributed by atoms with Crippen LogP contribution < -0.4 is 11.2 Å². The number of aliphatic hydroxyl groups is 5. The lowest BCUT2D eigenvalue weighted by molar-refractivity contribution is -0.125. The lowest BCUT2D eigenvalue weighted by Gasteiger charge is -2.21. The molecule has 6 unspecified atom stereocenters. The third-order valence-corrected chi connectivity index (χ3v) is 7.41. The van der Waals surface area contributed by atoms with E-state index in [1.807, 2.05) is 4.98 Å². The molecule has 1 aromatic rings. The highest BCUT2D eigenvalue weighted by Gasteiger charge is 2.49. The van der Waals surface area contributed by atoms with E-state index in [4.69, 9.17) is 14.6 Å². The van der Waals surface area contributed by atoms with E-state index in [2.05, 4.69) is 13.4 Å². The first-order valence-electron chi connectivity index (χ1n) is 9.40. The SMILES string of the molecule is O=c1ccn([C@@H]2O[C@H](COP(=O)(O)OP(=O)(O)O[C@H]3O[C@@H](CO)C(O)C3O)C(O)C2O)c(=O)[nH]1. The standard InChI is InChI=1S/C14H22N2O16P2/c17-3-5-8(19)11(22)13(30-5)31-34(26,27)32-33(24,25)28-4-6-9(20)10(21)12(29-6)16-2-1-7(18)15-14(16)23/h1-2,5-6,8-13,17,19-22H,3-4H2,(H,24,25)(H,26,27)(H,15,18,23)/t5-,6+,8?,9?,10?,11?,12+,13+/m0/s1. The summed E-state index contributed by atoms with van der Waals surface area (Å²) in [7, 11) is -10.9. The molecule has 3 heterocycles. The molecule has 34 heavy (non-hydrogen) atoms. The largest absolute Gasteiger partial charge is 0.483 e. The van der Waals surface area contributed by atoms with E-state index in [1.54, 1.807) is 0 Å². The maximum absolute atomic E-state index is 12.1. The first-order valence-corrected chi connectivity index (χ1v) is 12.4. The van der Waals surface area contributed by atoms with Gasteiger partial charge in [0.1, 0.15) is 36.6 Å². The van der Waals surface area contributed by atoms with Crippen molar-refractivity contribution in [3.8, 4) is 0 Å². The molecule has 0 radical (unpaired) electrons. The van der Waals surface area contributed by atoms with E-state index in [0.717, 1.165) is 16.8 Å². The van der Waals surface area contributed by atoms with Gasteiger partial charge in [-0.3, -0.25) is 23.4 Å². The van der Waals surface area contributed by atoms with Crippen molar-refractivity contribution in [1.29, 1.82) is 0 Å². The molecule has 0 aliphatic carbocycles. The molecule has 1 aromatic heterocycles. The molecular weight excluding hydrogens is 514 g/mol. The van der Waals surface area contributed by atoms with Gasteiger partial charge in [0, 0.05) is 12.3 Å². The molecule has 20 heteroatoms. The number of phosphoric acid groups is 2. The summed E-state index contributed by atoms with van der Waals surface area (Å²) in [6, 6.07) is 0.939. The third-order valence-electron chi connectivity index (χ3n) is 4.81. The van der Waals surface area contributed by atoms with E-state index in [0.29, 0.717) is 0 Å². The van der Waals surface area contributed by atoms with Crippen LogP contribution >= 0.6 is 15.6 Å². The van der Waals surface area contributed by atoms with E-state index in [9.17, 15) is 48.9 Å². The molecule has 0 spiro atoms. The van der Waals surface area contributed by atoms with Crippen LogP contribution in [0, 0.1) is 0 Å². The van der Waals surface area contributed by atoms with Crippen LogP contribution in [0.4, 0.5) is 0 Å². The maximum Gasteiger partial charge on any atom is 0.483 e. The lowest BCUT2D eigenvalue weighted by Crippen LogP contribution is -2.37. The second-order valence-corrected chi connectivity index (χ2v) is 10.2. The van der Waals surface area contributed by atoms with Gasteiger partial charge in [0.05, 0.1) is 13.2 Å². The molecule has 3 rings (SSSR count). The Hall–Kier alpha value is -1.34. The Bertz CT molecular complexity index is 1080. The Morgan fingerprint density at radius 3 is 2.21 bits per heavy atom. The summed E-state index contributed by atoms with van der Waals surface area (Å²) in [4.78, 5) is 44.3. The van der Waals surface area contributed by atoms with Crippen molar-refractivity contribution >= 4 is 15.6 Å². The zero-order valence-corrected chi connectivity index (χ0v) is 18.6. The molecule has 2 fully saturated rings. The van der Waals surface area contributed by atoms with E-state index < -0.39 is 89.2 Å². The third kappa shape index (κ3) is 6.07. The number of aliphatic hydroxyl groups excluding tert-OH is 5. The van der Waals surface area contributed by atoms with Gasteiger partial charge in [-0.1, -0.05) is 0 Å². The predicted octanol–water partition coefficient (Wildman–Crippen LogP) is -4.15. The smallest absolute Gasteiger partial charge is 0.394 e. The average molecular weight is 536 g/mol. The highest BCUT2D eigenvalue weighted by molar-refractivity contribution is 7.61. The van der Waals surface area contributed by atoms with Crippen molar-refractivity contribution in [1.82, 2.24) is 9.55 Å². The Kier molecular flexibility index (Phi) is 8.28. The molecule has 2 aliphatic heterocycles. The molecule has 18 nitrogen and oxygen atoms in total. The van der Waals surface area contributed by atoms with Crippen LogP contribution in [0.15, 0.2) is 21.9 Å². The van der Waals surface area contributed by atoms with Gasteiger partial charge in [-0.15, -0.1) is 0 Å². The molecule has 0 saturated carbocycles. The van der Waals surface area contributed by atoms with Gasteiger partial charge in [-0.05, 0) is 0 Å². The zero-order valence-electron chi connectivity index (χ0n) is 16.8. The number of aromatic nitrogens is 2. The van der Waals surface area contributed by atoms with Gasteiger partial charge in [-0.2, -0.15) is 4.31 Å². The average Bonchev–Trinajstić information content (AvgIpc) is 3.16. The molecule has 2 aliphatic rings. The van der Waals surface area contributed by atoms with Gasteiger partial charge in [0.25, 0.3) is 5.56 Å². The number of aromatic amines is 1. The van der Waals surface area contributed by atoms with E-state index in [-0.39, 0.29) is 0 Å². The first kappa shape index (κ1) is 27.3. The van der Waals surface area contributed by atoms with Crippen molar-refractivity contribution in [2.24, 2.45) is 0 Å². The summed E-state index contributed by atoms with van der Waals surface area (Å²) in [6.45, 7) is -1.77. The molecule has 0 amide bonds. The highest BCUT2D eigenvalue weighted by atomic mass is 31.3. The van der Waals surface area contributed by atoms with E-state index in [1.165, 1.54) is 0 Å². The predicted molar refractivity (Wildman–Crippen MR) is 103 cm³/mol. The number of nitrogens with one attached hydrogen (secondary N) is 1. The number of rotatable bonds is 9. The maximum atomic E-state index is 12.1. The Morgan fingerprint density at radius 2 is 1.62 bits per heavy atom. The second-order valence-electron chi connectivity index (χ2n) is 7.19. The van der Waals surface area contributed by atoms with Gasteiger partial charge in [-0.25, -0.2) is 13.9 Å². The number of hydrogen-bond acceptors (Lipinski definition) is 14. The summed E-state index contributed by atoms with van der Waals surface area (Å²) in [5.74, 6) is 0. The number of H-pyrrole nitrogens is 1. The van der Waals surface area contributed by atoms with Crippen LogP contribution in [0.2, 0.25) is 0 Å². The number of ether oxygens (including phenoxy) is 2. The summed E-state index contributed by atoms with van der Waals surface area (Å²) < 4.78 is 47.8. The highest BCUT2D eigenvalue weighted by Crippen LogP contribution is 2.61. The van der Waals surface area contributed by atoms with Crippen LogP contribution in [0.1, 0.15) is 6.23 Å². The summed E-state index contributed by atoms with van der Waals surface area (Å²) in [6.07, 6.45) is -12.6. The fourth-order valence-electron chi connectivity index (χ4n) is 3.15. The Labute approximate surface area is 188 Å². The van der Waals surface area contributed by atoms with Crippen molar-refractivity contribution in [3.05, 3.63) is 33.1 Å². The summed E-state index contributed by atoms with van der Waals surface area (Å²) in [5.41, 5.74) is -1.72. The van der Waals surface area contributed by atoms with Gasteiger partial charge >= 0.3 is 21.3 Å². The van der Waals surface area contributed by atoms with Gasteiger partial charge in [0.2, 0.25) is 0 Å². The summed E-state index contributed by atoms with van der Waals surface area (Å²) >= 11 is 0. The topological polar surface area (TPSA) is 277 Å². The van der Waals surface area contributed by atoms with Crippen LogP contribution in [0.5, 0.6) is 0 Å². The van der Waals surface area contributed by atoms with E-state index >= 15 is 0 Å².